The molecule has 2 rings (SSSR count). The van der Waals surface area contributed by atoms with Crippen LogP contribution in [0.4, 0.5) is 0 Å². The summed E-state index contributed by atoms with van der Waals surface area (Å²) in [5.41, 5.74) is 7.52. The molecule has 0 bridgehead atoms. The van der Waals surface area contributed by atoms with Crippen LogP contribution >= 0.6 is 0 Å². The zero-order valence-corrected chi connectivity index (χ0v) is 15.9. The van der Waals surface area contributed by atoms with Gasteiger partial charge in [0.15, 0.2) is 0 Å². The van der Waals surface area contributed by atoms with Gasteiger partial charge in [0.05, 0.1) is 0 Å². The maximum Gasteiger partial charge on any atom is 0.00479 e. The van der Waals surface area contributed by atoms with Crippen LogP contribution in [0.25, 0.3) is 0 Å². The van der Waals surface area contributed by atoms with Crippen LogP contribution in [0, 0.1) is 11.8 Å². The molecule has 2 aliphatic rings. The van der Waals surface area contributed by atoms with E-state index in [0.29, 0.717) is 11.8 Å². The number of allylic oxidation sites excluding steroid dienone is 10. The number of hydrogen-bond acceptors (Lipinski definition) is 0. The molecule has 0 aliphatic heterocycles. The van der Waals surface area contributed by atoms with Crippen molar-refractivity contribution in [1.82, 2.24) is 0 Å². The molecule has 2 aliphatic carbocycles. The Kier molecular flexibility index (Phi) is 7.09. The Bertz CT molecular complexity index is 592. The molecule has 0 nitrogen and oxygen atoms in total. The average Bonchev–Trinajstić information content (AvgIpc) is 2.60. The zero-order valence-electron chi connectivity index (χ0n) is 15.9. The highest BCUT2D eigenvalue weighted by molar-refractivity contribution is 5.46. The molecule has 0 spiro atoms. The fourth-order valence-corrected chi connectivity index (χ4v) is 4.14. The van der Waals surface area contributed by atoms with Crippen molar-refractivity contribution in [1.29, 1.82) is 0 Å². The summed E-state index contributed by atoms with van der Waals surface area (Å²) in [6, 6.07) is 0. The van der Waals surface area contributed by atoms with Crippen molar-refractivity contribution >= 4 is 0 Å². The van der Waals surface area contributed by atoms with E-state index < -0.39 is 0 Å². The Hall–Kier alpha value is -1.56. The van der Waals surface area contributed by atoms with Gasteiger partial charge in [0.1, 0.15) is 0 Å². The fourth-order valence-electron chi connectivity index (χ4n) is 4.14. The fraction of sp³-hybridized carbons (Fsp3) is 0.500. The minimum Gasteiger partial charge on any atom is -0.100 e. The second-order valence-electron chi connectivity index (χ2n) is 7.30. The molecule has 0 aromatic rings. The molecule has 0 heteroatoms. The Morgan fingerprint density at radius 2 is 2.04 bits per heavy atom. The summed E-state index contributed by atoms with van der Waals surface area (Å²) < 4.78 is 0. The van der Waals surface area contributed by atoms with E-state index in [0.717, 1.165) is 25.7 Å². The summed E-state index contributed by atoms with van der Waals surface area (Å²) in [7, 11) is 0. The molecule has 0 saturated carbocycles. The Morgan fingerprint density at radius 3 is 2.58 bits per heavy atom. The van der Waals surface area contributed by atoms with Crippen LogP contribution in [0.15, 0.2) is 71.4 Å². The van der Waals surface area contributed by atoms with E-state index in [1.807, 2.05) is 6.08 Å². The first kappa shape index (κ1) is 18.8. The highest BCUT2D eigenvalue weighted by atomic mass is 14.3. The van der Waals surface area contributed by atoms with Crippen LogP contribution in [0.5, 0.6) is 0 Å². The van der Waals surface area contributed by atoms with Crippen LogP contribution in [0.2, 0.25) is 0 Å². The van der Waals surface area contributed by atoms with Gasteiger partial charge in [0.25, 0.3) is 0 Å². The summed E-state index contributed by atoms with van der Waals surface area (Å²) in [5.74, 6) is 1.32. The lowest BCUT2D eigenvalue weighted by Crippen LogP contribution is -2.21. The molecule has 0 fully saturated rings. The summed E-state index contributed by atoms with van der Waals surface area (Å²) in [6.45, 7) is 14.8. The van der Waals surface area contributed by atoms with Gasteiger partial charge in [-0.2, -0.15) is 0 Å². The topological polar surface area (TPSA) is 0 Å². The van der Waals surface area contributed by atoms with Crippen molar-refractivity contribution in [3.05, 3.63) is 71.4 Å². The van der Waals surface area contributed by atoms with Crippen molar-refractivity contribution in [2.75, 3.05) is 0 Å². The Balaban J connectivity index is 2.28. The maximum atomic E-state index is 4.09. The van der Waals surface area contributed by atoms with E-state index in [1.165, 1.54) is 30.4 Å². The van der Waals surface area contributed by atoms with E-state index in [1.54, 1.807) is 16.7 Å². The SMILES string of the molecule is C=CC1=CC=C(C2=CCC(CCC(=C)C)/C(=C\CC)C2CC)CC1. The molecule has 2 unspecified atom stereocenters. The van der Waals surface area contributed by atoms with Crippen molar-refractivity contribution in [3.8, 4) is 0 Å². The molecule has 130 valence electrons. The zero-order chi connectivity index (χ0) is 17.5. The minimum absolute atomic E-state index is 0.610. The van der Waals surface area contributed by atoms with Gasteiger partial charge < -0.3 is 0 Å². The van der Waals surface area contributed by atoms with E-state index in [9.17, 15) is 0 Å². The van der Waals surface area contributed by atoms with Gasteiger partial charge in [-0.25, -0.2) is 0 Å². The van der Waals surface area contributed by atoms with Gasteiger partial charge in [-0.05, 0) is 74.5 Å². The molecule has 0 N–H and O–H groups in total. The van der Waals surface area contributed by atoms with Crippen molar-refractivity contribution in [3.63, 3.8) is 0 Å². The molecule has 0 aromatic heterocycles. The second kappa shape index (κ2) is 9.06. The quantitative estimate of drug-likeness (QED) is 0.426. The molecule has 0 saturated heterocycles. The van der Waals surface area contributed by atoms with Gasteiger partial charge in [0.2, 0.25) is 0 Å². The van der Waals surface area contributed by atoms with Gasteiger partial charge in [0, 0.05) is 5.92 Å². The van der Waals surface area contributed by atoms with Gasteiger partial charge in [-0.15, -0.1) is 6.58 Å². The monoisotopic (exact) mass is 322 g/mol. The number of hydrogen-bond donors (Lipinski definition) is 0. The second-order valence-corrected chi connectivity index (χ2v) is 7.30. The third-order valence-electron chi connectivity index (χ3n) is 5.45. The van der Waals surface area contributed by atoms with Crippen LogP contribution in [-0.2, 0) is 0 Å². The van der Waals surface area contributed by atoms with Crippen molar-refractivity contribution < 1.29 is 0 Å². The number of rotatable bonds is 7. The predicted molar refractivity (Wildman–Crippen MR) is 108 cm³/mol. The van der Waals surface area contributed by atoms with Gasteiger partial charge >= 0.3 is 0 Å². The van der Waals surface area contributed by atoms with E-state index in [4.69, 9.17) is 0 Å². The molecular weight excluding hydrogens is 288 g/mol. The first-order valence-corrected chi connectivity index (χ1v) is 9.67. The van der Waals surface area contributed by atoms with Crippen LogP contribution in [-0.4, -0.2) is 0 Å². The summed E-state index contributed by atoms with van der Waals surface area (Å²) in [6.07, 6.45) is 19.9. The third-order valence-corrected chi connectivity index (χ3v) is 5.45. The van der Waals surface area contributed by atoms with E-state index in [-0.39, 0.29) is 0 Å². The van der Waals surface area contributed by atoms with Crippen LogP contribution in [0.3, 0.4) is 0 Å². The first-order chi connectivity index (χ1) is 11.6. The largest absolute Gasteiger partial charge is 0.100 e. The summed E-state index contributed by atoms with van der Waals surface area (Å²) in [5, 5.41) is 0. The molecule has 24 heavy (non-hydrogen) atoms. The normalized spacial score (nSPS) is 25.8. The molecule has 0 radical (unpaired) electrons. The third kappa shape index (κ3) is 4.50. The van der Waals surface area contributed by atoms with Crippen molar-refractivity contribution in [2.45, 2.75) is 65.7 Å². The van der Waals surface area contributed by atoms with Gasteiger partial charge in [-0.3, -0.25) is 0 Å². The maximum absolute atomic E-state index is 4.09. The average molecular weight is 323 g/mol. The van der Waals surface area contributed by atoms with E-state index >= 15 is 0 Å². The van der Waals surface area contributed by atoms with Crippen LogP contribution < -0.4 is 0 Å². The summed E-state index contributed by atoms with van der Waals surface area (Å²) >= 11 is 0. The predicted octanol–water partition coefficient (Wildman–Crippen LogP) is 7.48. The lowest BCUT2D eigenvalue weighted by atomic mass is 9.70. The molecule has 2 atom stereocenters. The van der Waals surface area contributed by atoms with E-state index in [2.05, 4.69) is 58.2 Å². The minimum atomic E-state index is 0.610. The Morgan fingerprint density at radius 1 is 1.25 bits per heavy atom. The lowest BCUT2D eigenvalue weighted by molar-refractivity contribution is 0.470. The molecule has 0 aromatic carbocycles. The molecular formula is C24H34. The lowest BCUT2D eigenvalue weighted by Gasteiger charge is -2.35. The highest BCUT2D eigenvalue weighted by Crippen LogP contribution is 2.43. The first-order valence-electron chi connectivity index (χ1n) is 9.67. The summed E-state index contributed by atoms with van der Waals surface area (Å²) in [4.78, 5) is 0. The van der Waals surface area contributed by atoms with Crippen LogP contribution in [0.1, 0.15) is 65.7 Å². The standard InChI is InChI=1S/C24H34/c1-6-9-23-20(13-10-18(4)5)16-17-24(22(23)8-3)21-14-11-19(7-2)12-15-21/h7,9,11,14,17,20,22H,2,4,6,8,10,12-13,15-16H2,1,3,5H3/b23-9+. The molecule has 0 heterocycles. The van der Waals surface area contributed by atoms with Crippen molar-refractivity contribution in [2.24, 2.45) is 11.8 Å². The Labute approximate surface area is 149 Å². The highest BCUT2D eigenvalue weighted by Gasteiger charge is 2.29. The molecule has 0 amide bonds. The smallest absolute Gasteiger partial charge is 0.00479 e. The van der Waals surface area contributed by atoms with Gasteiger partial charge in [-0.1, -0.05) is 62.0 Å².